The van der Waals surface area contributed by atoms with Crippen LogP contribution >= 0.6 is 0 Å². The van der Waals surface area contributed by atoms with Crippen molar-refractivity contribution < 1.29 is 28.5 Å². The lowest BCUT2D eigenvalue weighted by atomic mass is 9.90. The number of nitrogens with zero attached hydrogens (tertiary/aromatic N) is 1. The van der Waals surface area contributed by atoms with Gasteiger partial charge in [0.15, 0.2) is 11.5 Å². The van der Waals surface area contributed by atoms with Crippen LogP contribution in [0.15, 0.2) is 42.5 Å². The molecule has 0 aliphatic carbocycles. The first-order chi connectivity index (χ1) is 13.6. The number of rotatable bonds is 9. The van der Waals surface area contributed by atoms with Crippen molar-refractivity contribution in [3.63, 3.8) is 0 Å². The zero-order chi connectivity index (χ0) is 20.1. The number of hydrogen-bond acceptors (Lipinski definition) is 6. The molecule has 3 rings (SSSR count). The van der Waals surface area contributed by atoms with E-state index < -0.39 is 6.10 Å². The quantitative estimate of drug-likeness (QED) is 0.617. The Hall–Kier alpha value is -2.93. The Morgan fingerprint density at radius 3 is 2.32 bits per heavy atom. The predicted molar refractivity (Wildman–Crippen MR) is 103 cm³/mol. The minimum absolute atomic E-state index is 0.0837. The average Bonchev–Trinajstić information content (AvgIpc) is 2.74. The molecular weight excluding hydrogens is 362 g/mol. The highest BCUT2D eigenvalue weighted by atomic mass is 16.5. The molecule has 0 unspecified atom stereocenters. The van der Waals surface area contributed by atoms with Gasteiger partial charge in [-0.05, 0) is 29.8 Å². The normalized spacial score (nSPS) is 18.4. The Kier molecular flexibility index (Phi) is 6.26. The summed E-state index contributed by atoms with van der Waals surface area (Å²) < 4.78 is 27.1. The topological polar surface area (TPSA) is 66.5 Å². The largest absolute Gasteiger partial charge is 0.497 e. The molecule has 2 aromatic rings. The third kappa shape index (κ3) is 3.84. The number of β-lactam (4-membered cyclic amide) rings is 1. The van der Waals surface area contributed by atoms with E-state index in [0.717, 1.165) is 5.56 Å². The zero-order valence-corrected chi connectivity index (χ0v) is 16.5. The number of methoxy groups -OCH3 is 4. The van der Waals surface area contributed by atoms with Crippen molar-refractivity contribution in [3.8, 4) is 23.0 Å². The molecular formula is C21H25NO6. The molecule has 0 aromatic heterocycles. The van der Waals surface area contributed by atoms with Crippen LogP contribution in [0.3, 0.4) is 0 Å². The van der Waals surface area contributed by atoms with Gasteiger partial charge in [0, 0.05) is 19.7 Å². The van der Waals surface area contributed by atoms with Crippen LogP contribution in [0.4, 0.5) is 0 Å². The minimum atomic E-state index is -0.637. The van der Waals surface area contributed by atoms with Crippen LogP contribution in [0, 0.1) is 0 Å². The van der Waals surface area contributed by atoms with Gasteiger partial charge in [-0.25, -0.2) is 0 Å². The molecule has 0 bridgehead atoms. The number of carbonyl (C=O) groups excluding carboxylic acids is 1. The van der Waals surface area contributed by atoms with Crippen LogP contribution in [-0.4, -0.2) is 58.5 Å². The van der Waals surface area contributed by atoms with E-state index in [9.17, 15) is 4.79 Å². The van der Waals surface area contributed by atoms with E-state index in [-0.39, 0.29) is 11.9 Å². The zero-order valence-electron chi connectivity index (χ0n) is 16.5. The number of likely N-dealkylation sites (tertiary alicyclic amines) is 1. The van der Waals surface area contributed by atoms with Gasteiger partial charge >= 0.3 is 0 Å². The standard InChI is InChI=1S/C21H25NO6/c1-24-11-10-22-19(14-8-9-17(26-3)18(12-14)27-4)20(21(22)23)28-16-7-5-6-15(13-16)25-2/h5-9,12-13,19-20H,10-11H2,1-4H3/t19-,20-/m1/s1. The van der Waals surface area contributed by atoms with Crippen LogP contribution < -0.4 is 18.9 Å². The molecule has 28 heavy (non-hydrogen) atoms. The fourth-order valence-corrected chi connectivity index (χ4v) is 3.28. The Labute approximate surface area is 164 Å². The van der Waals surface area contributed by atoms with Crippen molar-refractivity contribution in [1.82, 2.24) is 4.90 Å². The first-order valence-corrected chi connectivity index (χ1v) is 8.95. The Bertz CT molecular complexity index is 824. The predicted octanol–water partition coefficient (Wildman–Crippen LogP) is 2.69. The van der Waals surface area contributed by atoms with Crippen molar-refractivity contribution in [1.29, 1.82) is 0 Å². The van der Waals surface area contributed by atoms with Crippen molar-refractivity contribution in [2.24, 2.45) is 0 Å². The molecule has 7 heteroatoms. The number of carbonyl (C=O) groups is 1. The first kappa shape index (κ1) is 19.8. The maximum atomic E-state index is 12.7. The summed E-state index contributed by atoms with van der Waals surface area (Å²) in [6.07, 6.45) is -0.637. The molecule has 150 valence electrons. The molecule has 1 aliphatic heterocycles. The van der Waals surface area contributed by atoms with Gasteiger partial charge in [-0.3, -0.25) is 4.79 Å². The van der Waals surface area contributed by atoms with Gasteiger partial charge in [0.2, 0.25) is 6.10 Å². The monoisotopic (exact) mass is 387 g/mol. The molecule has 7 nitrogen and oxygen atoms in total. The van der Waals surface area contributed by atoms with Gasteiger partial charge in [-0.2, -0.15) is 0 Å². The van der Waals surface area contributed by atoms with E-state index in [1.54, 1.807) is 45.5 Å². The lowest BCUT2D eigenvalue weighted by molar-refractivity contribution is -0.165. The third-order valence-electron chi connectivity index (χ3n) is 4.74. The Morgan fingerprint density at radius 2 is 1.64 bits per heavy atom. The summed E-state index contributed by atoms with van der Waals surface area (Å²) >= 11 is 0. The lowest BCUT2D eigenvalue weighted by Crippen LogP contribution is -2.61. The molecule has 0 saturated carbocycles. The van der Waals surface area contributed by atoms with Crippen LogP contribution in [-0.2, 0) is 9.53 Å². The summed E-state index contributed by atoms with van der Waals surface area (Å²) in [5.74, 6) is 2.40. The maximum absolute atomic E-state index is 12.7. The fraction of sp³-hybridized carbons (Fsp3) is 0.381. The van der Waals surface area contributed by atoms with Crippen molar-refractivity contribution >= 4 is 5.91 Å². The summed E-state index contributed by atoms with van der Waals surface area (Å²) in [6.45, 7) is 0.924. The minimum Gasteiger partial charge on any atom is -0.497 e. The highest BCUT2D eigenvalue weighted by Gasteiger charge is 2.50. The Balaban J connectivity index is 1.89. The van der Waals surface area contributed by atoms with E-state index in [4.69, 9.17) is 23.7 Å². The molecule has 0 radical (unpaired) electrons. The molecule has 2 atom stereocenters. The summed E-state index contributed by atoms with van der Waals surface area (Å²) in [4.78, 5) is 14.5. The summed E-state index contributed by atoms with van der Waals surface area (Å²) in [5, 5.41) is 0. The number of amides is 1. The molecule has 1 saturated heterocycles. The van der Waals surface area contributed by atoms with Gasteiger partial charge in [0.1, 0.15) is 17.5 Å². The molecule has 1 heterocycles. The summed E-state index contributed by atoms with van der Waals surface area (Å²) in [5.41, 5.74) is 0.904. The second kappa shape index (κ2) is 8.84. The number of ether oxygens (including phenoxy) is 5. The van der Waals surface area contributed by atoms with E-state index in [1.807, 2.05) is 30.3 Å². The van der Waals surface area contributed by atoms with Crippen molar-refractivity contribution in [3.05, 3.63) is 48.0 Å². The fourth-order valence-electron chi connectivity index (χ4n) is 3.28. The average molecular weight is 387 g/mol. The van der Waals surface area contributed by atoms with Gasteiger partial charge < -0.3 is 28.6 Å². The van der Waals surface area contributed by atoms with E-state index >= 15 is 0 Å². The van der Waals surface area contributed by atoms with E-state index in [1.165, 1.54) is 0 Å². The van der Waals surface area contributed by atoms with Crippen molar-refractivity contribution in [2.45, 2.75) is 12.1 Å². The van der Waals surface area contributed by atoms with Gasteiger partial charge in [0.25, 0.3) is 5.91 Å². The molecule has 1 amide bonds. The van der Waals surface area contributed by atoms with Crippen LogP contribution in [0.1, 0.15) is 11.6 Å². The maximum Gasteiger partial charge on any atom is 0.266 e. The Morgan fingerprint density at radius 1 is 0.893 bits per heavy atom. The summed E-state index contributed by atoms with van der Waals surface area (Å²) in [6, 6.07) is 12.6. The SMILES string of the molecule is COCCN1C(=O)[C@H](Oc2cccc(OC)c2)[C@H]1c1ccc(OC)c(OC)c1. The van der Waals surface area contributed by atoms with E-state index in [0.29, 0.717) is 36.1 Å². The molecule has 0 spiro atoms. The van der Waals surface area contributed by atoms with Crippen molar-refractivity contribution in [2.75, 3.05) is 41.6 Å². The van der Waals surface area contributed by atoms with Gasteiger partial charge in [-0.1, -0.05) is 12.1 Å². The lowest BCUT2D eigenvalue weighted by Gasteiger charge is -2.46. The first-order valence-electron chi connectivity index (χ1n) is 8.95. The third-order valence-corrected chi connectivity index (χ3v) is 4.74. The van der Waals surface area contributed by atoms with Crippen LogP contribution in [0.25, 0.3) is 0 Å². The second-order valence-corrected chi connectivity index (χ2v) is 6.30. The number of hydrogen-bond donors (Lipinski definition) is 0. The molecule has 0 N–H and O–H groups in total. The van der Waals surface area contributed by atoms with Gasteiger partial charge in [-0.15, -0.1) is 0 Å². The molecule has 1 fully saturated rings. The molecule has 1 aliphatic rings. The highest BCUT2D eigenvalue weighted by molar-refractivity contribution is 5.89. The highest BCUT2D eigenvalue weighted by Crippen LogP contribution is 2.40. The smallest absolute Gasteiger partial charge is 0.266 e. The summed E-state index contributed by atoms with van der Waals surface area (Å²) in [7, 11) is 6.37. The molecule has 2 aromatic carbocycles. The van der Waals surface area contributed by atoms with E-state index in [2.05, 4.69) is 0 Å². The van der Waals surface area contributed by atoms with Gasteiger partial charge in [0.05, 0.1) is 27.9 Å². The number of benzene rings is 2. The van der Waals surface area contributed by atoms with Crippen LogP contribution in [0.2, 0.25) is 0 Å². The van der Waals surface area contributed by atoms with Crippen LogP contribution in [0.5, 0.6) is 23.0 Å². The second-order valence-electron chi connectivity index (χ2n) is 6.30.